The number of benzene rings is 2. The molecule has 5 rings (SSSR count). The summed E-state index contributed by atoms with van der Waals surface area (Å²) in [4.78, 5) is 4.05. The Balaban J connectivity index is 1.68. The van der Waals surface area contributed by atoms with Crippen LogP contribution in [0.3, 0.4) is 0 Å². The average Bonchev–Trinajstić information content (AvgIpc) is 3.32. The number of nitrogen functional groups attached to an aromatic ring is 1. The molecule has 4 N–H and O–H groups in total. The predicted octanol–water partition coefficient (Wildman–Crippen LogP) is 3.97. The molecule has 3 heterocycles. The second-order valence-corrected chi connectivity index (χ2v) is 9.03. The summed E-state index contributed by atoms with van der Waals surface area (Å²) in [5.74, 6) is 0.715. The van der Waals surface area contributed by atoms with Gasteiger partial charge in [-0.05, 0) is 70.5 Å². The van der Waals surface area contributed by atoms with E-state index in [-0.39, 0.29) is 0 Å². The van der Waals surface area contributed by atoms with E-state index in [1.807, 2.05) is 14.5 Å². The first-order valence-corrected chi connectivity index (χ1v) is 12.0. The lowest BCUT2D eigenvalue weighted by Crippen LogP contribution is -2.42. The molecular weight excluding hydrogens is 412 g/mol. The third-order valence-electron chi connectivity index (χ3n) is 7.02. The molecule has 1 saturated heterocycles. The molecule has 1 atom stereocenters. The van der Waals surface area contributed by atoms with E-state index >= 15 is 0 Å². The van der Waals surface area contributed by atoms with Crippen LogP contribution in [0.15, 0.2) is 42.5 Å². The Labute approximate surface area is 195 Å². The lowest BCUT2D eigenvalue weighted by molar-refractivity contribution is 0.174. The van der Waals surface area contributed by atoms with Crippen LogP contribution in [0.2, 0.25) is 0 Å². The van der Waals surface area contributed by atoms with E-state index in [9.17, 15) is 5.11 Å². The molecule has 0 spiro atoms. The van der Waals surface area contributed by atoms with Crippen molar-refractivity contribution in [1.29, 1.82) is 0 Å². The predicted molar refractivity (Wildman–Crippen MR) is 135 cm³/mol. The maximum Gasteiger partial charge on any atom is 0.208 e. The molecule has 1 aromatic heterocycles. The Morgan fingerprint density at radius 2 is 1.73 bits per heavy atom. The number of nitrogens with zero attached hydrogens (tertiary/aromatic N) is 4. The zero-order valence-corrected chi connectivity index (χ0v) is 19.8. The summed E-state index contributed by atoms with van der Waals surface area (Å²) in [6.45, 7) is 9.67. The number of aliphatic hydroxyl groups is 1. The van der Waals surface area contributed by atoms with Crippen LogP contribution < -0.4 is 20.9 Å². The second-order valence-electron chi connectivity index (χ2n) is 9.03. The lowest BCUT2D eigenvalue weighted by atomic mass is 9.98. The summed E-state index contributed by atoms with van der Waals surface area (Å²) in [6.07, 6.45) is 1.39. The van der Waals surface area contributed by atoms with Gasteiger partial charge in [-0.3, -0.25) is 0 Å². The van der Waals surface area contributed by atoms with Gasteiger partial charge in [0.25, 0.3) is 0 Å². The van der Waals surface area contributed by atoms with Crippen molar-refractivity contribution in [3.8, 4) is 22.4 Å². The van der Waals surface area contributed by atoms with Crippen LogP contribution in [0, 0.1) is 6.92 Å². The van der Waals surface area contributed by atoms with E-state index in [0.717, 1.165) is 72.8 Å². The minimum Gasteiger partial charge on any atom is -0.383 e. The maximum absolute atomic E-state index is 10.8. The average molecular weight is 447 g/mol. The highest BCUT2D eigenvalue weighted by Gasteiger charge is 2.33. The van der Waals surface area contributed by atoms with Gasteiger partial charge in [-0.1, -0.05) is 29.8 Å². The number of hydrogen-bond donors (Lipinski definition) is 3. The van der Waals surface area contributed by atoms with Gasteiger partial charge in [0.1, 0.15) is 11.5 Å². The summed E-state index contributed by atoms with van der Waals surface area (Å²) in [5.41, 5.74) is 14.1. The van der Waals surface area contributed by atoms with Gasteiger partial charge in [0.05, 0.1) is 23.0 Å². The number of rotatable bonds is 5. The van der Waals surface area contributed by atoms with Gasteiger partial charge in [-0.15, -0.1) is 0 Å². The smallest absolute Gasteiger partial charge is 0.208 e. The minimum atomic E-state index is -0.642. The first-order chi connectivity index (χ1) is 16.0. The highest BCUT2D eigenvalue weighted by atomic mass is 16.3. The largest absolute Gasteiger partial charge is 0.383 e. The minimum absolute atomic E-state index is 0.294. The number of aryl methyl sites for hydroxylation is 1. The van der Waals surface area contributed by atoms with Gasteiger partial charge in [0.15, 0.2) is 0 Å². The molecule has 2 aromatic carbocycles. The van der Waals surface area contributed by atoms with Crippen LogP contribution in [-0.2, 0) is 0 Å². The molecular formula is C26H34N6O. The second kappa shape index (κ2) is 8.72. The van der Waals surface area contributed by atoms with Crippen molar-refractivity contribution < 1.29 is 5.11 Å². The van der Waals surface area contributed by atoms with Crippen molar-refractivity contribution >= 4 is 17.2 Å². The van der Waals surface area contributed by atoms with Crippen LogP contribution in [0.5, 0.6) is 0 Å². The molecule has 7 heteroatoms. The Kier molecular flexibility index (Phi) is 5.76. The monoisotopic (exact) mass is 446 g/mol. The van der Waals surface area contributed by atoms with Crippen molar-refractivity contribution in [2.24, 2.45) is 0 Å². The third kappa shape index (κ3) is 3.65. The number of anilines is 3. The van der Waals surface area contributed by atoms with Crippen molar-refractivity contribution in [3.05, 3.63) is 48.0 Å². The first-order valence-electron chi connectivity index (χ1n) is 12.0. The normalized spacial score (nSPS) is 18.7. The van der Waals surface area contributed by atoms with Gasteiger partial charge >= 0.3 is 0 Å². The van der Waals surface area contributed by atoms with Crippen LogP contribution in [0.1, 0.15) is 38.3 Å². The Bertz CT molecular complexity index is 1150. The van der Waals surface area contributed by atoms with E-state index in [4.69, 9.17) is 10.8 Å². The van der Waals surface area contributed by atoms with E-state index in [1.165, 1.54) is 5.56 Å². The quantitative estimate of drug-likeness (QED) is 0.550. The summed E-state index contributed by atoms with van der Waals surface area (Å²) in [7, 11) is 0. The molecule has 0 radical (unpaired) electrons. The zero-order chi connectivity index (χ0) is 23.1. The van der Waals surface area contributed by atoms with Crippen LogP contribution in [0.25, 0.3) is 22.4 Å². The highest BCUT2D eigenvalue weighted by Crippen LogP contribution is 2.45. The summed E-state index contributed by atoms with van der Waals surface area (Å²) in [6, 6.07) is 15.1. The van der Waals surface area contributed by atoms with Gasteiger partial charge in [0.2, 0.25) is 6.35 Å². The summed E-state index contributed by atoms with van der Waals surface area (Å²) < 4.78 is 2.05. The number of hydrogen-bond acceptors (Lipinski definition) is 6. The maximum atomic E-state index is 10.8. The van der Waals surface area contributed by atoms with Crippen LogP contribution in [-0.4, -0.2) is 47.4 Å². The molecule has 0 bridgehead atoms. The van der Waals surface area contributed by atoms with Crippen molar-refractivity contribution in [3.63, 3.8) is 0 Å². The van der Waals surface area contributed by atoms with Gasteiger partial charge < -0.3 is 26.0 Å². The molecule has 1 fully saturated rings. The molecule has 2 aliphatic heterocycles. The molecule has 33 heavy (non-hydrogen) atoms. The first kappa shape index (κ1) is 21.8. The fourth-order valence-corrected chi connectivity index (χ4v) is 5.29. The summed E-state index contributed by atoms with van der Waals surface area (Å²) >= 11 is 0. The van der Waals surface area contributed by atoms with Crippen molar-refractivity contribution in [2.75, 3.05) is 41.7 Å². The molecule has 0 saturated carbocycles. The lowest BCUT2D eigenvalue weighted by Gasteiger charge is -2.26. The Morgan fingerprint density at radius 3 is 2.42 bits per heavy atom. The number of fused-ring (bicyclic) bond motifs is 1. The number of nitrogens with two attached hydrogens (primary N) is 1. The molecule has 7 nitrogen and oxygen atoms in total. The fraction of sp³-hybridized carbons (Fsp3) is 0.423. The molecule has 174 valence electrons. The standard InChI is InChI=1S/C26H34N6O/c1-4-30-21-10-9-18(16-22(21)31(5-2)26(30)33)23-24(19-8-6-7-17(3)15-19)29-32(25(23)27)20-11-13-28-14-12-20/h6-10,15-16,20,26,28,33H,4-5,11-14,27H2,1-3H3. The molecule has 1 unspecified atom stereocenters. The fourth-order valence-electron chi connectivity index (χ4n) is 5.29. The van der Waals surface area contributed by atoms with Crippen LogP contribution in [0.4, 0.5) is 17.2 Å². The molecule has 0 amide bonds. The van der Waals surface area contributed by atoms with Crippen molar-refractivity contribution in [2.45, 2.75) is 46.0 Å². The number of aromatic nitrogens is 2. The number of aliphatic hydroxyl groups excluding tert-OH is 1. The Morgan fingerprint density at radius 1 is 1.00 bits per heavy atom. The van der Waals surface area contributed by atoms with E-state index < -0.39 is 6.35 Å². The van der Waals surface area contributed by atoms with Gasteiger partial charge in [-0.2, -0.15) is 5.10 Å². The number of piperidine rings is 1. The van der Waals surface area contributed by atoms with Crippen molar-refractivity contribution in [1.82, 2.24) is 15.1 Å². The Hall–Kier alpha value is -3.03. The van der Waals surface area contributed by atoms with Gasteiger partial charge in [-0.25, -0.2) is 4.68 Å². The molecule has 3 aromatic rings. The summed E-state index contributed by atoms with van der Waals surface area (Å²) in [5, 5.41) is 19.4. The van der Waals surface area contributed by atoms with E-state index in [1.54, 1.807) is 0 Å². The SMILES string of the molecule is CCN1c2ccc(-c3c(-c4cccc(C)c4)nn(C4CCNCC4)c3N)cc2N(CC)C1O. The van der Waals surface area contributed by atoms with Crippen LogP contribution >= 0.6 is 0 Å². The molecule has 0 aliphatic carbocycles. The topological polar surface area (TPSA) is 82.6 Å². The van der Waals surface area contributed by atoms with E-state index in [2.05, 4.69) is 68.6 Å². The number of nitrogens with one attached hydrogen (secondary N) is 1. The molecule has 2 aliphatic rings. The third-order valence-corrected chi connectivity index (χ3v) is 7.02. The zero-order valence-electron chi connectivity index (χ0n) is 19.8. The van der Waals surface area contributed by atoms with Gasteiger partial charge in [0, 0.05) is 18.7 Å². The highest BCUT2D eigenvalue weighted by molar-refractivity contribution is 5.92. The van der Waals surface area contributed by atoms with E-state index in [0.29, 0.717) is 11.9 Å².